The van der Waals surface area contributed by atoms with Crippen LogP contribution in [0.1, 0.15) is 24.9 Å². The molecule has 1 rings (SSSR count). The molecule has 0 aliphatic carbocycles. The fraction of sp³-hybridized carbons (Fsp3) is 0.467. The smallest absolute Gasteiger partial charge is 0.409 e. The van der Waals surface area contributed by atoms with Crippen molar-refractivity contribution in [3.8, 4) is 0 Å². The Morgan fingerprint density at radius 1 is 1.26 bits per heavy atom. The van der Waals surface area contributed by atoms with Crippen LogP contribution in [0.2, 0.25) is 0 Å². The highest BCUT2D eigenvalue weighted by molar-refractivity contribution is 5.76. The fourth-order valence-electron chi connectivity index (χ4n) is 2.15. The summed E-state index contributed by atoms with van der Waals surface area (Å²) in [6, 6.07) is 8.18. The average Bonchev–Trinajstić information content (AvgIpc) is 2.60. The van der Waals surface area contributed by atoms with Gasteiger partial charge in [0, 0.05) is 11.5 Å². The number of nitrogens with zero attached hydrogens (tertiary/aromatic N) is 4. The first-order chi connectivity index (χ1) is 11.0. The number of amides is 1. The molecule has 8 heteroatoms. The van der Waals surface area contributed by atoms with Crippen LogP contribution in [0.5, 0.6) is 0 Å². The van der Waals surface area contributed by atoms with Gasteiger partial charge < -0.3 is 14.4 Å². The van der Waals surface area contributed by atoms with Crippen LogP contribution in [0.15, 0.2) is 35.4 Å². The standard InChI is InChI=1S/C15H20N4O4/c1-11(12-7-5-4-6-8-12)19(15(21)23-3)10-9-13(17-18-16)14(20)22-2/h4-8,11,13H,9-10H2,1-3H3/t11-,13+/m1/s1. The number of carbonyl (C=O) groups is 2. The van der Waals surface area contributed by atoms with Crippen LogP contribution in [0.4, 0.5) is 4.79 Å². The van der Waals surface area contributed by atoms with Crippen molar-refractivity contribution in [3.05, 3.63) is 46.3 Å². The van der Waals surface area contributed by atoms with E-state index in [1.165, 1.54) is 19.1 Å². The van der Waals surface area contributed by atoms with Crippen molar-refractivity contribution < 1.29 is 19.1 Å². The van der Waals surface area contributed by atoms with E-state index in [-0.39, 0.29) is 19.0 Å². The monoisotopic (exact) mass is 320 g/mol. The molecule has 0 bridgehead atoms. The van der Waals surface area contributed by atoms with Gasteiger partial charge in [0.25, 0.3) is 0 Å². The molecule has 0 saturated heterocycles. The SMILES string of the molecule is COC(=O)[C@H](CCN(C(=O)OC)[C@H](C)c1ccccc1)N=[N+]=[N-]. The highest BCUT2D eigenvalue weighted by atomic mass is 16.5. The summed E-state index contributed by atoms with van der Waals surface area (Å²) >= 11 is 0. The third-order valence-corrected chi connectivity index (χ3v) is 3.47. The van der Waals surface area contributed by atoms with Crippen LogP contribution in [0, 0.1) is 0 Å². The highest BCUT2D eigenvalue weighted by Gasteiger charge is 2.25. The second kappa shape index (κ2) is 9.32. The Bertz CT molecular complexity index is 572. The number of methoxy groups -OCH3 is 2. The van der Waals surface area contributed by atoms with E-state index in [4.69, 9.17) is 10.3 Å². The maximum atomic E-state index is 12.0. The Labute approximate surface area is 134 Å². The molecule has 0 fully saturated rings. The lowest BCUT2D eigenvalue weighted by atomic mass is 10.1. The second-order valence-electron chi connectivity index (χ2n) is 4.78. The van der Waals surface area contributed by atoms with E-state index < -0.39 is 18.1 Å². The van der Waals surface area contributed by atoms with Crippen molar-refractivity contribution in [2.75, 3.05) is 20.8 Å². The lowest BCUT2D eigenvalue weighted by Crippen LogP contribution is -2.36. The summed E-state index contributed by atoms with van der Waals surface area (Å²) in [4.78, 5) is 27.7. The molecule has 1 amide bonds. The first-order valence-corrected chi connectivity index (χ1v) is 7.06. The van der Waals surface area contributed by atoms with Crippen molar-refractivity contribution in [1.82, 2.24) is 4.90 Å². The van der Waals surface area contributed by atoms with Gasteiger partial charge in [-0.15, -0.1) is 0 Å². The summed E-state index contributed by atoms with van der Waals surface area (Å²) in [7, 11) is 2.51. The van der Waals surface area contributed by atoms with E-state index in [1.807, 2.05) is 37.3 Å². The van der Waals surface area contributed by atoms with Crippen molar-refractivity contribution >= 4 is 12.1 Å². The third-order valence-electron chi connectivity index (χ3n) is 3.47. The van der Waals surface area contributed by atoms with E-state index in [1.54, 1.807) is 0 Å². The second-order valence-corrected chi connectivity index (χ2v) is 4.78. The average molecular weight is 320 g/mol. The van der Waals surface area contributed by atoms with E-state index in [0.717, 1.165) is 5.56 Å². The molecule has 0 aliphatic heterocycles. The molecule has 2 atom stereocenters. The number of hydrogen-bond acceptors (Lipinski definition) is 5. The van der Waals surface area contributed by atoms with Gasteiger partial charge >= 0.3 is 12.1 Å². The largest absolute Gasteiger partial charge is 0.469 e. The van der Waals surface area contributed by atoms with Gasteiger partial charge in [0.1, 0.15) is 6.04 Å². The summed E-state index contributed by atoms with van der Waals surface area (Å²) in [5.74, 6) is -0.639. The summed E-state index contributed by atoms with van der Waals surface area (Å²) in [5.41, 5.74) is 9.46. The number of rotatable bonds is 7. The minimum atomic E-state index is -0.986. The zero-order valence-corrected chi connectivity index (χ0v) is 13.4. The van der Waals surface area contributed by atoms with E-state index in [0.29, 0.717) is 0 Å². The van der Waals surface area contributed by atoms with Gasteiger partial charge in [-0.3, -0.25) is 4.79 Å². The van der Waals surface area contributed by atoms with Crippen LogP contribution in [-0.4, -0.2) is 43.8 Å². The van der Waals surface area contributed by atoms with E-state index >= 15 is 0 Å². The Balaban J connectivity index is 2.88. The number of ether oxygens (including phenoxy) is 2. The quantitative estimate of drug-likeness (QED) is 0.333. The summed E-state index contributed by atoms with van der Waals surface area (Å²) < 4.78 is 9.39. The molecule has 1 aromatic carbocycles. The molecule has 0 aromatic heterocycles. The molecule has 124 valence electrons. The van der Waals surface area contributed by atoms with Crippen LogP contribution >= 0.6 is 0 Å². The Kier molecular flexibility index (Phi) is 7.42. The van der Waals surface area contributed by atoms with E-state index in [2.05, 4.69) is 14.8 Å². The summed E-state index contributed by atoms with van der Waals surface area (Å²) in [5, 5.41) is 3.41. The molecule has 1 aromatic rings. The molecular formula is C15H20N4O4. The normalized spacial score (nSPS) is 12.5. The minimum absolute atomic E-state index is 0.142. The maximum Gasteiger partial charge on any atom is 0.409 e. The van der Waals surface area contributed by atoms with Gasteiger partial charge in [-0.2, -0.15) is 0 Å². The molecule has 0 radical (unpaired) electrons. The van der Waals surface area contributed by atoms with Gasteiger partial charge in [0.05, 0.1) is 20.3 Å². The minimum Gasteiger partial charge on any atom is -0.469 e. The third kappa shape index (κ3) is 5.19. The molecule has 23 heavy (non-hydrogen) atoms. The van der Waals surface area contributed by atoms with Crippen molar-refractivity contribution in [2.24, 2.45) is 5.11 Å². The first kappa shape index (κ1) is 18.3. The number of esters is 1. The van der Waals surface area contributed by atoms with Crippen molar-refractivity contribution in [3.63, 3.8) is 0 Å². The number of hydrogen-bond donors (Lipinski definition) is 0. The number of carbonyl (C=O) groups excluding carboxylic acids is 2. The van der Waals surface area contributed by atoms with Crippen LogP contribution in [-0.2, 0) is 14.3 Å². The van der Waals surface area contributed by atoms with Gasteiger partial charge in [0.2, 0.25) is 0 Å². The maximum absolute atomic E-state index is 12.0. The molecule has 0 unspecified atom stereocenters. The van der Waals surface area contributed by atoms with Crippen molar-refractivity contribution in [2.45, 2.75) is 25.4 Å². The van der Waals surface area contributed by atoms with Crippen molar-refractivity contribution in [1.29, 1.82) is 0 Å². The number of benzene rings is 1. The van der Waals surface area contributed by atoms with Crippen LogP contribution in [0.3, 0.4) is 0 Å². The van der Waals surface area contributed by atoms with Crippen LogP contribution in [0.25, 0.3) is 10.4 Å². The molecule has 0 heterocycles. The lowest BCUT2D eigenvalue weighted by molar-refractivity contribution is -0.142. The Morgan fingerprint density at radius 2 is 1.91 bits per heavy atom. The summed E-state index contributed by atoms with van der Waals surface area (Å²) in [6.07, 6.45) is -0.380. The molecule has 0 aliphatic rings. The molecule has 0 saturated carbocycles. The topological polar surface area (TPSA) is 105 Å². The van der Waals surface area contributed by atoms with Crippen LogP contribution < -0.4 is 0 Å². The van der Waals surface area contributed by atoms with E-state index in [9.17, 15) is 9.59 Å². The fourth-order valence-corrected chi connectivity index (χ4v) is 2.15. The predicted octanol–water partition coefficient (Wildman–Crippen LogP) is 3.06. The highest BCUT2D eigenvalue weighted by Crippen LogP contribution is 2.21. The zero-order chi connectivity index (χ0) is 17.2. The lowest BCUT2D eigenvalue weighted by Gasteiger charge is -2.28. The number of azide groups is 1. The van der Waals surface area contributed by atoms with Gasteiger partial charge in [-0.25, -0.2) is 4.79 Å². The molecule has 0 N–H and O–H groups in total. The van der Waals surface area contributed by atoms with Gasteiger partial charge in [0.15, 0.2) is 0 Å². The van der Waals surface area contributed by atoms with Gasteiger partial charge in [-0.05, 0) is 24.4 Å². The van der Waals surface area contributed by atoms with Gasteiger partial charge in [-0.1, -0.05) is 35.4 Å². The Hall–Kier alpha value is -2.73. The summed E-state index contributed by atoms with van der Waals surface area (Å²) in [6.45, 7) is 2.04. The Morgan fingerprint density at radius 3 is 2.43 bits per heavy atom. The first-order valence-electron chi connectivity index (χ1n) is 7.06. The molecule has 0 spiro atoms. The predicted molar refractivity (Wildman–Crippen MR) is 83.5 cm³/mol. The zero-order valence-electron chi connectivity index (χ0n) is 13.4. The molecular weight excluding hydrogens is 300 g/mol. The molecule has 8 nitrogen and oxygen atoms in total.